The zero-order chi connectivity index (χ0) is 21.7. The van der Waals surface area contributed by atoms with Gasteiger partial charge in [-0.3, -0.25) is 10.2 Å². The molecule has 0 saturated heterocycles. The first-order valence-electron chi connectivity index (χ1n) is 9.88. The van der Waals surface area contributed by atoms with Crippen molar-refractivity contribution in [1.82, 2.24) is 35.3 Å². The van der Waals surface area contributed by atoms with Crippen LogP contribution >= 0.6 is 0 Å². The third kappa shape index (κ3) is 2.90. The second-order valence-corrected chi connectivity index (χ2v) is 7.32. The molecule has 0 radical (unpaired) electrons. The summed E-state index contributed by atoms with van der Waals surface area (Å²) >= 11 is 0. The number of rotatable bonds is 4. The number of H-pyrrole nitrogens is 3. The Balaban J connectivity index is 1.51. The van der Waals surface area contributed by atoms with Crippen LogP contribution in [0.1, 0.15) is 0 Å². The number of fused-ring (bicyclic) bond motifs is 2. The first kappa shape index (κ1) is 18.3. The van der Waals surface area contributed by atoms with Crippen molar-refractivity contribution in [3.8, 4) is 39.7 Å². The van der Waals surface area contributed by atoms with Gasteiger partial charge in [-0.25, -0.2) is 14.4 Å². The quantitative estimate of drug-likeness (QED) is 0.379. The van der Waals surface area contributed by atoms with E-state index in [4.69, 9.17) is 14.7 Å². The van der Waals surface area contributed by atoms with E-state index in [0.29, 0.717) is 33.9 Å². The van der Waals surface area contributed by atoms with Crippen LogP contribution < -0.4 is 4.74 Å². The van der Waals surface area contributed by atoms with Crippen LogP contribution in [0, 0.1) is 5.82 Å². The minimum atomic E-state index is -0.374. The minimum absolute atomic E-state index is 0.374. The highest BCUT2D eigenvalue weighted by molar-refractivity contribution is 5.96. The Labute approximate surface area is 180 Å². The molecule has 0 saturated carbocycles. The van der Waals surface area contributed by atoms with E-state index in [1.54, 1.807) is 18.5 Å². The van der Waals surface area contributed by atoms with Gasteiger partial charge in [-0.1, -0.05) is 12.1 Å². The molecule has 9 heteroatoms. The summed E-state index contributed by atoms with van der Waals surface area (Å²) in [6, 6.07) is 14.2. The Morgan fingerprint density at radius 3 is 2.72 bits per heavy atom. The van der Waals surface area contributed by atoms with E-state index in [2.05, 4.69) is 25.4 Å². The fraction of sp³-hybridized carbons (Fsp3) is 0.0435. The van der Waals surface area contributed by atoms with Crippen LogP contribution in [0.4, 0.5) is 4.39 Å². The van der Waals surface area contributed by atoms with Gasteiger partial charge in [0.25, 0.3) is 0 Å². The number of benzene rings is 2. The zero-order valence-corrected chi connectivity index (χ0v) is 16.8. The molecule has 8 nitrogen and oxygen atoms in total. The minimum Gasteiger partial charge on any atom is -0.497 e. The number of aromatic amines is 3. The number of hydrogen-bond donors (Lipinski definition) is 3. The second-order valence-electron chi connectivity index (χ2n) is 7.32. The van der Waals surface area contributed by atoms with E-state index in [9.17, 15) is 4.39 Å². The largest absolute Gasteiger partial charge is 0.497 e. The SMILES string of the molecule is COc1cc(F)cc(-c2cccc3[nH]c(-c4n[nH]c5ccc(-c6cn[nH]c6)nc45)nc23)c1. The van der Waals surface area contributed by atoms with Gasteiger partial charge in [0.15, 0.2) is 11.5 Å². The Morgan fingerprint density at radius 2 is 1.88 bits per heavy atom. The summed E-state index contributed by atoms with van der Waals surface area (Å²) in [6.07, 6.45) is 3.50. The highest BCUT2D eigenvalue weighted by Crippen LogP contribution is 2.33. The number of ether oxygens (including phenoxy) is 1. The molecule has 6 rings (SSSR count). The Bertz CT molecular complexity index is 1580. The number of imidazole rings is 1. The van der Waals surface area contributed by atoms with Gasteiger partial charge in [-0.15, -0.1) is 0 Å². The lowest BCUT2D eigenvalue weighted by molar-refractivity contribution is 0.411. The molecule has 0 aliphatic carbocycles. The average Bonchev–Trinajstić information content (AvgIpc) is 3.56. The summed E-state index contributed by atoms with van der Waals surface area (Å²) in [7, 11) is 1.51. The van der Waals surface area contributed by atoms with Gasteiger partial charge in [0, 0.05) is 23.4 Å². The Kier molecular flexibility index (Phi) is 4.00. The predicted octanol–water partition coefficient (Wildman–Crippen LogP) is 4.71. The van der Waals surface area contributed by atoms with E-state index in [1.165, 1.54) is 19.2 Å². The monoisotopic (exact) mass is 425 g/mol. The first-order valence-corrected chi connectivity index (χ1v) is 9.88. The molecule has 0 atom stereocenters. The number of nitrogens with zero attached hydrogens (tertiary/aromatic N) is 4. The van der Waals surface area contributed by atoms with Crippen molar-refractivity contribution in [3.63, 3.8) is 0 Å². The number of aromatic nitrogens is 7. The molecule has 156 valence electrons. The second kappa shape index (κ2) is 7.02. The Hall–Kier alpha value is -4.53. The maximum absolute atomic E-state index is 14.1. The fourth-order valence-electron chi connectivity index (χ4n) is 3.83. The number of pyridine rings is 1. The van der Waals surface area contributed by atoms with Gasteiger partial charge in [-0.2, -0.15) is 10.2 Å². The van der Waals surface area contributed by atoms with Gasteiger partial charge < -0.3 is 9.72 Å². The lowest BCUT2D eigenvalue weighted by atomic mass is 10.0. The molecule has 0 amide bonds. The van der Waals surface area contributed by atoms with Crippen molar-refractivity contribution in [2.45, 2.75) is 0 Å². The van der Waals surface area contributed by atoms with Gasteiger partial charge >= 0.3 is 0 Å². The fourth-order valence-corrected chi connectivity index (χ4v) is 3.83. The van der Waals surface area contributed by atoms with Crippen LogP contribution in [-0.4, -0.2) is 42.5 Å². The third-order valence-electron chi connectivity index (χ3n) is 5.36. The molecule has 0 aliphatic heterocycles. The van der Waals surface area contributed by atoms with Crippen LogP contribution in [0.15, 0.2) is 60.9 Å². The lowest BCUT2D eigenvalue weighted by Crippen LogP contribution is -1.88. The van der Waals surface area contributed by atoms with Crippen molar-refractivity contribution < 1.29 is 9.13 Å². The highest BCUT2D eigenvalue weighted by atomic mass is 19.1. The maximum Gasteiger partial charge on any atom is 0.161 e. The van der Waals surface area contributed by atoms with Crippen molar-refractivity contribution in [1.29, 1.82) is 0 Å². The number of para-hydroxylation sites is 1. The van der Waals surface area contributed by atoms with Crippen LogP contribution in [0.5, 0.6) is 5.75 Å². The molecule has 4 aromatic heterocycles. The molecule has 0 spiro atoms. The molecule has 2 aromatic carbocycles. The van der Waals surface area contributed by atoms with Crippen LogP contribution in [0.25, 0.3) is 56.0 Å². The van der Waals surface area contributed by atoms with Gasteiger partial charge in [0.05, 0.1) is 35.6 Å². The van der Waals surface area contributed by atoms with Crippen molar-refractivity contribution >= 4 is 22.1 Å². The number of methoxy groups -OCH3 is 1. The summed E-state index contributed by atoms with van der Waals surface area (Å²) in [5.74, 6) is 0.641. The number of nitrogens with one attached hydrogen (secondary N) is 3. The molecule has 0 unspecified atom stereocenters. The van der Waals surface area contributed by atoms with Crippen LogP contribution in [-0.2, 0) is 0 Å². The summed E-state index contributed by atoms with van der Waals surface area (Å²) in [5.41, 5.74) is 6.72. The van der Waals surface area contributed by atoms with E-state index in [0.717, 1.165) is 27.9 Å². The van der Waals surface area contributed by atoms with Gasteiger partial charge in [-0.05, 0) is 35.9 Å². The molecule has 6 aromatic rings. The standard InChI is InChI=1S/C23H16FN7O/c1-32-15-8-12(7-14(24)9-15)16-3-2-4-18-20(16)29-23(28-18)22-21-19(30-31-22)6-5-17(27-21)13-10-25-26-11-13/h2-11H,1H3,(H,25,26)(H,28,29)(H,30,31). The molecule has 0 fully saturated rings. The van der Waals surface area contributed by atoms with E-state index >= 15 is 0 Å². The third-order valence-corrected chi connectivity index (χ3v) is 5.36. The average molecular weight is 425 g/mol. The number of halogens is 1. The molecule has 3 N–H and O–H groups in total. The van der Waals surface area contributed by atoms with E-state index in [-0.39, 0.29) is 5.82 Å². The maximum atomic E-state index is 14.1. The predicted molar refractivity (Wildman–Crippen MR) is 119 cm³/mol. The molecular weight excluding hydrogens is 409 g/mol. The van der Waals surface area contributed by atoms with E-state index < -0.39 is 0 Å². The van der Waals surface area contributed by atoms with Gasteiger partial charge in [0.2, 0.25) is 0 Å². The molecule has 0 bridgehead atoms. The van der Waals surface area contributed by atoms with Crippen LogP contribution in [0.3, 0.4) is 0 Å². The molecule has 0 aliphatic rings. The molecule has 32 heavy (non-hydrogen) atoms. The summed E-state index contributed by atoms with van der Waals surface area (Å²) < 4.78 is 19.3. The summed E-state index contributed by atoms with van der Waals surface area (Å²) in [5, 5.41) is 14.2. The summed E-state index contributed by atoms with van der Waals surface area (Å²) in [6.45, 7) is 0. The summed E-state index contributed by atoms with van der Waals surface area (Å²) in [4.78, 5) is 12.9. The molecular formula is C23H16FN7O. The van der Waals surface area contributed by atoms with Gasteiger partial charge in [0.1, 0.15) is 17.1 Å². The highest BCUT2D eigenvalue weighted by Gasteiger charge is 2.17. The van der Waals surface area contributed by atoms with Crippen LogP contribution in [0.2, 0.25) is 0 Å². The first-order chi connectivity index (χ1) is 15.7. The normalized spacial score (nSPS) is 11.4. The number of hydrogen-bond acceptors (Lipinski definition) is 5. The van der Waals surface area contributed by atoms with E-state index in [1.807, 2.05) is 30.3 Å². The lowest BCUT2D eigenvalue weighted by Gasteiger charge is -2.06. The van der Waals surface area contributed by atoms with Crippen molar-refractivity contribution in [2.24, 2.45) is 0 Å². The van der Waals surface area contributed by atoms with Crippen molar-refractivity contribution in [3.05, 3.63) is 66.7 Å². The van der Waals surface area contributed by atoms with Crippen molar-refractivity contribution in [2.75, 3.05) is 7.11 Å². The topological polar surface area (TPSA) is 108 Å². The zero-order valence-electron chi connectivity index (χ0n) is 16.8. The Morgan fingerprint density at radius 1 is 0.938 bits per heavy atom. The molecule has 4 heterocycles. The smallest absolute Gasteiger partial charge is 0.161 e.